The topological polar surface area (TPSA) is 101 Å². The van der Waals surface area contributed by atoms with Gasteiger partial charge in [0.15, 0.2) is 11.6 Å². The summed E-state index contributed by atoms with van der Waals surface area (Å²) in [5.74, 6) is 1.23. The van der Waals surface area contributed by atoms with Crippen molar-refractivity contribution in [3.63, 3.8) is 0 Å². The SMILES string of the molecule is CCc1cnc(-c2ccc(C#N)cc2CC(C=Nc2ccccn2)=C(C)N)nc1. The number of benzene rings is 1. The van der Waals surface area contributed by atoms with E-state index in [9.17, 15) is 5.26 Å². The fraction of sp³-hybridized carbons (Fsp3) is 0.174. The molecule has 0 saturated heterocycles. The fourth-order valence-electron chi connectivity index (χ4n) is 2.77. The van der Waals surface area contributed by atoms with Crippen LogP contribution < -0.4 is 5.73 Å². The molecule has 6 heteroatoms. The molecule has 144 valence electrons. The molecule has 0 aliphatic heterocycles. The van der Waals surface area contributed by atoms with Crippen molar-refractivity contribution in [2.45, 2.75) is 26.7 Å². The molecule has 0 spiro atoms. The van der Waals surface area contributed by atoms with Crippen LogP contribution in [-0.2, 0) is 12.8 Å². The molecule has 6 nitrogen and oxygen atoms in total. The predicted molar refractivity (Wildman–Crippen MR) is 115 cm³/mol. The molecule has 0 unspecified atom stereocenters. The number of nitrogens with zero attached hydrogens (tertiary/aromatic N) is 5. The number of aromatic nitrogens is 3. The number of aryl methyl sites for hydroxylation is 1. The van der Waals surface area contributed by atoms with E-state index in [4.69, 9.17) is 5.73 Å². The zero-order chi connectivity index (χ0) is 20.6. The molecule has 2 heterocycles. The summed E-state index contributed by atoms with van der Waals surface area (Å²) in [6.45, 7) is 3.90. The van der Waals surface area contributed by atoms with Gasteiger partial charge in [-0.25, -0.2) is 19.9 Å². The monoisotopic (exact) mass is 382 g/mol. The molecule has 29 heavy (non-hydrogen) atoms. The zero-order valence-corrected chi connectivity index (χ0v) is 16.5. The molecule has 0 aliphatic rings. The standard InChI is InChI=1S/C23H22N6/c1-3-17-13-28-23(29-14-17)21-8-7-18(12-24)10-19(21)11-20(16(2)25)15-27-22-6-4-5-9-26-22/h4-10,13-15H,3,11,25H2,1-2H3. The van der Waals surface area contributed by atoms with Gasteiger partial charge in [0.25, 0.3) is 0 Å². The number of nitrogens with two attached hydrogens (primary N) is 1. The number of pyridine rings is 1. The summed E-state index contributed by atoms with van der Waals surface area (Å²) in [5, 5.41) is 9.33. The number of allylic oxidation sites excluding steroid dienone is 2. The average molecular weight is 382 g/mol. The van der Waals surface area contributed by atoms with Crippen LogP contribution in [0.25, 0.3) is 11.4 Å². The maximum absolute atomic E-state index is 9.33. The van der Waals surface area contributed by atoms with Gasteiger partial charge in [0.2, 0.25) is 0 Å². The van der Waals surface area contributed by atoms with Gasteiger partial charge >= 0.3 is 0 Å². The summed E-state index contributed by atoms with van der Waals surface area (Å²) in [7, 11) is 0. The van der Waals surface area contributed by atoms with Crippen LogP contribution in [0.3, 0.4) is 0 Å². The highest BCUT2D eigenvalue weighted by Gasteiger charge is 2.12. The molecule has 0 aliphatic carbocycles. The number of nitriles is 1. The largest absolute Gasteiger partial charge is 0.402 e. The molecule has 1 aromatic carbocycles. The molecule has 0 fully saturated rings. The summed E-state index contributed by atoms with van der Waals surface area (Å²) < 4.78 is 0. The lowest BCUT2D eigenvalue weighted by Gasteiger charge is -2.11. The second-order valence-corrected chi connectivity index (χ2v) is 6.58. The van der Waals surface area contributed by atoms with Crippen molar-refractivity contribution in [2.24, 2.45) is 10.7 Å². The maximum atomic E-state index is 9.33. The lowest BCUT2D eigenvalue weighted by atomic mass is 9.96. The van der Waals surface area contributed by atoms with Crippen LogP contribution in [-0.4, -0.2) is 21.2 Å². The summed E-state index contributed by atoms with van der Waals surface area (Å²) in [6, 6.07) is 13.2. The third-order valence-corrected chi connectivity index (χ3v) is 4.48. The summed E-state index contributed by atoms with van der Waals surface area (Å²) in [5.41, 5.74) is 11.1. The first-order chi connectivity index (χ1) is 14.1. The molecule has 0 atom stereocenters. The first kappa shape index (κ1) is 19.9. The first-order valence-corrected chi connectivity index (χ1v) is 9.35. The van der Waals surface area contributed by atoms with E-state index in [0.29, 0.717) is 29.3 Å². The summed E-state index contributed by atoms with van der Waals surface area (Å²) in [6.07, 6.45) is 8.46. The van der Waals surface area contributed by atoms with Gasteiger partial charge in [-0.05, 0) is 60.4 Å². The highest BCUT2D eigenvalue weighted by Crippen LogP contribution is 2.24. The van der Waals surface area contributed by atoms with Gasteiger partial charge in [-0.3, -0.25) is 0 Å². The second kappa shape index (κ2) is 9.38. The fourth-order valence-corrected chi connectivity index (χ4v) is 2.77. The van der Waals surface area contributed by atoms with Gasteiger partial charge in [0.05, 0.1) is 11.6 Å². The lowest BCUT2D eigenvalue weighted by Crippen LogP contribution is -2.05. The molecule has 2 N–H and O–H groups in total. The van der Waals surface area contributed by atoms with Crippen molar-refractivity contribution in [3.05, 3.63) is 82.9 Å². The average Bonchev–Trinajstić information content (AvgIpc) is 2.77. The minimum Gasteiger partial charge on any atom is -0.402 e. The molecule has 0 radical (unpaired) electrons. The predicted octanol–water partition coefficient (Wildman–Crippen LogP) is 4.15. The highest BCUT2D eigenvalue weighted by atomic mass is 14.9. The van der Waals surface area contributed by atoms with Gasteiger partial charge in [-0.15, -0.1) is 0 Å². The van der Waals surface area contributed by atoms with Gasteiger partial charge < -0.3 is 5.73 Å². The Hall–Kier alpha value is -3.85. The van der Waals surface area contributed by atoms with Crippen molar-refractivity contribution in [1.29, 1.82) is 5.26 Å². The first-order valence-electron chi connectivity index (χ1n) is 9.35. The van der Waals surface area contributed by atoms with Gasteiger partial charge in [0, 0.05) is 42.5 Å². The van der Waals surface area contributed by atoms with Crippen LogP contribution in [0.15, 0.2) is 71.3 Å². The molecular formula is C23H22N6. The molecule has 0 amide bonds. The Morgan fingerprint density at radius 1 is 1.17 bits per heavy atom. The number of hydrogen-bond donors (Lipinski definition) is 1. The summed E-state index contributed by atoms with van der Waals surface area (Å²) in [4.78, 5) is 17.6. The van der Waals surface area contributed by atoms with Crippen LogP contribution >= 0.6 is 0 Å². The Morgan fingerprint density at radius 2 is 1.97 bits per heavy atom. The van der Waals surface area contributed by atoms with E-state index in [1.807, 2.05) is 49.6 Å². The normalized spacial score (nSPS) is 11.9. The zero-order valence-electron chi connectivity index (χ0n) is 16.5. The molecule has 2 aromatic heterocycles. The summed E-state index contributed by atoms with van der Waals surface area (Å²) >= 11 is 0. The van der Waals surface area contributed by atoms with E-state index in [-0.39, 0.29) is 0 Å². The van der Waals surface area contributed by atoms with Crippen LogP contribution in [0.4, 0.5) is 5.82 Å². The highest BCUT2D eigenvalue weighted by molar-refractivity contribution is 5.82. The van der Waals surface area contributed by atoms with Crippen molar-refractivity contribution in [3.8, 4) is 17.5 Å². The van der Waals surface area contributed by atoms with Gasteiger partial charge in [-0.2, -0.15) is 5.26 Å². The smallest absolute Gasteiger partial charge is 0.159 e. The van der Waals surface area contributed by atoms with Crippen LogP contribution in [0, 0.1) is 11.3 Å². The van der Waals surface area contributed by atoms with Crippen LogP contribution in [0.5, 0.6) is 0 Å². The third kappa shape index (κ3) is 5.11. The quantitative estimate of drug-likeness (QED) is 0.645. The Labute approximate surface area is 170 Å². The Balaban J connectivity index is 1.98. The van der Waals surface area contributed by atoms with E-state index in [1.54, 1.807) is 18.5 Å². The minimum atomic E-state index is 0.502. The van der Waals surface area contributed by atoms with E-state index in [0.717, 1.165) is 28.7 Å². The maximum Gasteiger partial charge on any atom is 0.159 e. The number of rotatable bonds is 6. The molecular weight excluding hydrogens is 360 g/mol. The van der Waals surface area contributed by atoms with Crippen molar-refractivity contribution >= 4 is 12.0 Å². The van der Waals surface area contributed by atoms with Gasteiger partial charge in [0.1, 0.15) is 0 Å². The van der Waals surface area contributed by atoms with E-state index in [1.165, 1.54) is 0 Å². The molecule has 3 rings (SSSR count). The van der Waals surface area contributed by atoms with Crippen molar-refractivity contribution in [2.75, 3.05) is 0 Å². The van der Waals surface area contributed by atoms with Gasteiger partial charge in [-0.1, -0.05) is 13.0 Å². The second-order valence-electron chi connectivity index (χ2n) is 6.58. The molecule has 0 saturated carbocycles. The Morgan fingerprint density at radius 3 is 2.59 bits per heavy atom. The van der Waals surface area contributed by atoms with Crippen LogP contribution in [0.1, 0.15) is 30.5 Å². The molecule has 0 bridgehead atoms. The van der Waals surface area contributed by atoms with Crippen LogP contribution in [0.2, 0.25) is 0 Å². The van der Waals surface area contributed by atoms with Crippen molar-refractivity contribution in [1.82, 2.24) is 15.0 Å². The number of hydrogen-bond acceptors (Lipinski definition) is 6. The number of aliphatic imine (C=N–C) groups is 1. The van der Waals surface area contributed by atoms with E-state index in [2.05, 4.69) is 32.9 Å². The van der Waals surface area contributed by atoms with E-state index < -0.39 is 0 Å². The molecule has 3 aromatic rings. The lowest BCUT2D eigenvalue weighted by molar-refractivity contribution is 1.04. The van der Waals surface area contributed by atoms with Crippen molar-refractivity contribution < 1.29 is 0 Å². The minimum absolute atomic E-state index is 0.502. The third-order valence-electron chi connectivity index (χ3n) is 4.48. The Kier molecular flexibility index (Phi) is 6.43. The van der Waals surface area contributed by atoms with E-state index >= 15 is 0 Å². The Bertz CT molecular complexity index is 1070.